The topological polar surface area (TPSA) is 74.3 Å². The molecule has 1 aromatic carbocycles. The number of aromatic nitrogens is 1. The van der Waals surface area contributed by atoms with Crippen LogP contribution in [0, 0.1) is 5.92 Å². The first kappa shape index (κ1) is 16.6. The van der Waals surface area contributed by atoms with E-state index in [0.29, 0.717) is 11.6 Å². The van der Waals surface area contributed by atoms with Crippen LogP contribution in [-0.4, -0.2) is 23.9 Å². The molecular formula is C19H24N2O3. The van der Waals surface area contributed by atoms with Gasteiger partial charge in [0.05, 0.1) is 19.2 Å². The van der Waals surface area contributed by atoms with Crippen molar-refractivity contribution in [3.05, 3.63) is 29.5 Å². The number of rotatable bonds is 6. The number of benzene rings is 1. The highest BCUT2D eigenvalue weighted by molar-refractivity contribution is 6.03. The van der Waals surface area contributed by atoms with Gasteiger partial charge in [-0.15, -0.1) is 0 Å². The molecule has 5 nitrogen and oxygen atoms in total. The number of fused-ring (bicyclic) bond motifs is 1. The zero-order chi connectivity index (χ0) is 17.1. The predicted octanol–water partition coefficient (Wildman–Crippen LogP) is 3.07. The molecule has 0 atom stereocenters. The number of nitrogens with two attached hydrogens (primary N) is 1. The van der Waals surface area contributed by atoms with Crippen LogP contribution < -0.4 is 10.5 Å². The summed E-state index contributed by atoms with van der Waals surface area (Å²) in [7, 11) is 1.63. The van der Waals surface area contributed by atoms with Crippen molar-refractivity contribution >= 4 is 23.1 Å². The van der Waals surface area contributed by atoms with E-state index in [1.54, 1.807) is 11.7 Å². The number of nitrogens with zero attached hydrogens (tertiary/aromatic N) is 1. The fraction of sp³-hybridized carbons (Fsp3) is 0.474. The first-order chi connectivity index (χ1) is 11.7. The lowest BCUT2D eigenvalue weighted by Gasteiger charge is -2.22. The lowest BCUT2D eigenvalue weighted by atomic mass is 9.84. The molecule has 2 N–H and O–H groups in total. The second-order valence-corrected chi connectivity index (χ2v) is 6.53. The number of carbonyl (C=O) groups is 2. The van der Waals surface area contributed by atoms with Gasteiger partial charge >= 0.3 is 0 Å². The Kier molecular flexibility index (Phi) is 4.88. The van der Waals surface area contributed by atoms with Crippen LogP contribution in [0.3, 0.4) is 0 Å². The minimum Gasteiger partial charge on any atom is -0.496 e. The predicted molar refractivity (Wildman–Crippen MR) is 93.4 cm³/mol. The van der Waals surface area contributed by atoms with Crippen molar-refractivity contribution in [3.8, 4) is 5.75 Å². The van der Waals surface area contributed by atoms with Crippen molar-refractivity contribution in [1.29, 1.82) is 0 Å². The number of primary amides is 1. The molecule has 1 amide bonds. The Hall–Kier alpha value is -2.30. The van der Waals surface area contributed by atoms with Gasteiger partial charge in [-0.3, -0.25) is 4.79 Å². The summed E-state index contributed by atoms with van der Waals surface area (Å²) in [6, 6.07) is 5.68. The smallest absolute Gasteiger partial charge is 0.265 e. The summed E-state index contributed by atoms with van der Waals surface area (Å²) in [5.74, 6) is 0.795. The molecule has 1 heterocycles. The van der Waals surface area contributed by atoms with Gasteiger partial charge in [0.2, 0.25) is 0 Å². The lowest BCUT2D eigenvalue weighted by molar-refractivity contribution is -0.108. The number of ether oxygens (including phenoxy) is 1. The molecule has 24 heavy (non-hydrogen) atoms. The number of aldehydes is 1. The second kappa shape index (κ2) is 7.07. The standard InChI is InChI=1S/C19H24N2O3/c1-24-16-9-5-8-15-17(16)14(12-13-6-3-2-4-7-13)18(19(20)23)21(15)10-11-22/h5,8-9,11,13H,2-4,6-7,10,12H2,1H3,(H2,20,23). The van der Waals surface area contributed by atoms with Crippen molar-refractivity contribution in [2.24, 2.45) is 11.7 Å². The summed E-state index contributed by atoms with van der Waals surface area (Å²) >= 11 is 0. The summed E-state index contributed by atoms with van der Waals surface area (Å²) in [5.41, 5.74) is 7.91. The maximum absolute atomic E-state index is 12.2. The molecule has 1 aliphatic carbocycles. The summed E-state index contributed by atoms with van der Waals surface area (Å²) in [6.45, 7) is 0.118. The van der Waals surface area contributed by atoms with Gasteiger partial charge in [-0.2, -0.15) is 0 Å². The highest BCUT2D eigenvalue weighted by Gasteiger charge is 2.26. The van der Waals surface area contributed by atoms with Gasteiger partial charge in [-0.05, 0) is 30.0 Å². The molecular weight excluding hydrogens is 304 g/mol. The van der Waals surface area contributed by atoms with E-state index in [-0.39, 0.29) is 6.54 Å². The van der Waals surface area contributed by atoms with Gasteiger partial charge in [0.15, 0.2) is 0 Å². The molecule has 128 valence electrons. The maximum atomic E-state index is 12.2. The largest absolute Gasteiger partial charge is 0.496 e. The van der Waals surface area contributed by atoms with Crippen LogP contribution in [0.15, 0.2) is 18.2 Å². The molecule has 1 aliphatic rings. The van der Waals surface area contributed by atoms with E-state index >= 15 is 0 Å². The molecule has 0 radical (unpaired) electrons. The number of hydrogen-bond acceptors (Lipinski definition) is 3. The third-order valence-corrected chi connectivity index (χ3v) is 5.08. The fourth-order valence-corrected chi connectivity index (χ4v) is 4.04. The van der Waals surface area contributed by atoms with Crippen LogP contribution in [0.4, 0.5) is 0 Å². The van der Waals surface area contributed by atoms with Crippen molar-refractivity contribution in [1.82, 2.24) is 4.57 Å². The third-order valence-electron chi connectivity index (χ3n) is 5.08. The Bertz CT molecular complexity index is 758. The Morgan fingerprint density at radius 1 is 1.33 bits per heavy atom. The SMILES string of the molecule is COc1cccc2c1c(CC1CCCCC1)c(C(N)=O)n2CC=O. The van der Waals surface area contributed by atoms with E-state index in [9.17, 15) is 9.59 Å². The monoisotopic (exact) mass is 328 g/mol. The molecule has 5 heteroatoms. The minimum atomic E-state index is -0.485. The van der Waals surface area contributed by atoms with Gasteiger partial charge in [-0.1, -0.05) is 38.2 Å². The number of hydrogen-bond donors (Lipinski definition) is 1. The van der Waals surface area contributed by atoms with Gasteiger partial charge in [0.25, 0.3) is 5.91 Å². The molecule has 2 aromatic rings. The third kappa shape index (κ3) is 2.90. The van der Waals surface area contributed by atoms with Crippen LogP contribution >= 0.6 is 0 Å². The molecule has 1 aromatic heterocycles. The molecule has 0 unspecified atom stereocenters. The van der Waals surface area contributed by atoms with E-state index < -0.39 is 5.91 Å². The Morgan fingerprint density at radius 2 is 2.08 bits per heavy atom. The average molecular weight is 328 g/mol. The zero-order valence-electron chi connectivity index (χ0n) is 14.1. The number of carbonyl (C=O) groups excluding carboxylic acids is 2. The van der Waals surface area contributed by atoms with E-state index in [2.05, 4.69) is 0 Å². The summed E-state index contributed by atoms with van der Waals surface area (Å²) < 4.78 is 7.26. The van der Waals surface area contributed by atoms with E-state index in [1.807, 2.05) is 18.2 Å². The molecule has 1 fully saturated rings. The normalized spacial score (nSPS) is 15.5. The van der Waals surface area contributed by atoms with Gasteiger partial charge in [-0.25, -0.2) is 0 Å². The Balaban J connectivity index is 2.20. The highest BCUT2D eigenvalue weighted by Crippen LogP contribution is 2.37. The van der Waals surface area contributed by atoms with Crippen molar-refractivity contribution < 1.29 is 14.3 Å². The van der Waals surface area contributed by atoms with Crippen molar-refractivity contribution in [2.75, 3.05) is 7.11 Å². The zero-order valence-corrected chi connectivity index (χ0v) is 14.1. The Labute approximate surface area is 141 Å². The average Bonchev–Trinajstić information content (AvgIpc) is 2.90. The molecule has 3 rings (SSSR count). The van der Waals surface area contributed by atoms with E-state index in [1.165, 1.54) is 32.1 Å². The minimum absolute atomic E-state index is 0.118. The maximum Gasteiger partial charge on any atom is 0.265 e. The summed E-state index contributed by atoms with van der Waals surface area (Å²) in [5, 5.41) is 0.918. The first-order valence-corrected chi connectivity index (χ1v) is 8.58. The summed E-state index contributed by atoms with van der Waals surface area (Å²) in [4.78, 5) is 23.3. The van der Waals surface area contributed by atoms with Gasteiger partial charge in [0.1, 0.15) is 17.7 Å². The first-order valence-electron chi connectivity index (χ1n) is 8.58. The van der Waals surface area contributed by atoms with Crippen LogP contribution in [0.1, 0.15) is 48.2 Å². The quantitative estimate of drug-likeness (QED) is 0.828. The highest BCUT2D eigenvalue weighted by atomic mass is 16.5. The van der Waals surface area contributed by atoms with Crippen molar-refractivity contribution in [3.63, 3.8) is 0 Å². The lowest BCUT2D eigenvalue weighted by Crippen LogP contribution is -2.20. The number of amides is 1. The summed E-state index contributed by atoms with van der Waals surface area (Å²) in [6.07, 6.45) is 7.72. The van der Waals surface area contributed by atoms with Crippen molar-refractivity contribution in [2.45, 2.75) is 45.1 Å². The van der Waals surface area contributed by atoms with Crippen LogP contribution in [-0.2, 0) is 17.8 Å². The molecule has 0 saturated heterocycles. The molecule has 0 aliphatic heterocycles. The molecule has 0 bridgehead atoms. The Morgan fingerprint density at radius 3 is 2.71 bits per heavy atom. The van der Waals surface area contributed by atoms with E-state index in [4.69, 9.17) is 10.5 Å². The van der Waals surface area contributed by atoms with Gasteiger partial charge in [0, 0.05) is 5.39 Å². The van der Waals surface area contributed by atoms with Crippen LogP contribution in [0.25, 0.3) is 10.9 Å². The van der Waals surface area contributed by atoms with Gasteiger partial charge < -0.3 is 19.8 Å². The van der Waals surface area contributed by atoms with Crippen LogP contribution in [0.5, 0.6) is 5.75 Å². The number of methoxy groups -OCH3 is 1. The molecule has 1 saturated carbocycles. The van der Waals surface area contributed by atoms with E-state index in [0.717, 1.165) is 34.9 Å². The molecule has 0 spiro atoms. The fourth-order valence-electron chi connectivity index (χ4n) is 4.04. The second-order valence-electron chi connectivity index (χ2n) is 6.53. The van der Waals surface area contributed by atoms with Crippen LogP contribution in [0.2, 0.25) is 0 Å².